The van der Waals surface area contributed by atoms with E-state index in [1.807, 2.05) is 0 Å². The summed E-state index contributed by atoms with van der Waals surface area (Å²) in [4.78, 5) is 22.3. The summed E-state index contributed by atoms with van der Waals surface area (Å²) in [6.07, 6.45) is -4.69. The summed E-state index contributed by atoms with van der Waals surface area (Å²) in [6.45, 7) is 2.98. The molecule has 0 saturated carbocycles. The molecule has 6 nitrogen and oxygen atoms in total. The Morgan fingerprint density at radius 2 is 1.96 bits per heavy atom. The van der Waals surface area contributed by atoms with Gasteiger partial charge in [-0.25, -0.2) is 5.01 Å². The molecule has 0 aromatic heterocycles. The van der Waals surface area contributed by atoms with Crippen molar-refractivity contribution in [2.24, 2.45) is 5.41 Å². The van der Waals surface area contributed by atoms with Crippen LogP contribution in [0.3, 0.4) is 0 Å². The Bertz CT molecular complexity index is 896. The van der Waals surface area contributed by atoms with Gasteiger partial charge in [-0.05, 0) is 36.2 Å². The number of rotatable bonds is 3. The van der Waals surface area contributed by atoms with Gasteiger partial charge in [0.1, 0.15) is 0 Å². The van der Waals surface area contributed by atoms with Crippen molar-refractivity contribution in [1.82, 2.24) is 10.4 Å². The Morgan fingerprint density at radius 3 is 2.50 bits per heavy atom. The molecule has 0 spiro atoms. The molecule has 26 heavy (non-hydrogen) atoms. The fraction of sp³-hybridized carbons (Fsp3) is 0.353. The van der Waals surface area contributed by atoms with Crippen LogP contribution in [0.5, 0.6) is 0 Å². The fourth-order valence-electron chi connectivity index (χ4n) is 3.13. The van der Waals surface area contributed by atoms with Crippen LogP contribution in [0.25, 0.3) is 10.8 Å². The highest BCUT2D eigenvalue weighted by Gasteiger charge is 2.51. The van der Waals surface area contributed by atoms with Gasteiger partial charge < -0.3 is 0 Å². The van der Waals surface area contributed by atoms with Gasteiger partial charge in [0.25, 0.3) is 5.69 Å². The zero-order valence-electron chi connectivity index (χ0n) is 14.0. The first-order valence-electron chi connectivity index (χ1n) is 7.82. The van der Waals surface area contributed by atoms with Crippen molar-refractivity contribution in [3.05, 3.63) is 52.1 Å². The van der Waals surface area contributed by atoms with Crippen molar-refractivity contribution in [3.63, 3.8) is 0 Å². The van der Waals surface area contributed by atoms with Crippen LogP contribution in [0.1, 0.15) is 25.5 Å². The van der Waals surface area contributed by atoms with Gasteiger partial charge in [-0.1, -0.05) is 18.2 Å². The average molecular weight is 367 g/mol. The molecule has 1 saturated heterocycles. The average Bonchev–Trinajstić information content (AvgIpc) is 2.78. The molecule has 1 unspecified atom stereocenters. The predicted molar refractivity (Wildman–Crippen MR) is 88.0 cm³/mol. The van der Waals surface area contributed by atoms with E-state index in [0.717, 1.165) is 11.1 Å². The number of hydrazine groups is 1. The lowest BCUT2D eigenvalue weighted by Gasteiger charge is -2.30. The van der Waals surface area contributed by atoms with E-state index in [0.29, 0.717) is 5.39 Å². The number of hydrogen-bond acceptors (Lipinski definition) is 4. The van der Waals surface area contributed by atoms with Crippen molar-refractivity contribution >= 4 is 22.4 Å². The lowest BCUT2D eigenvalue weighted by Crippen LogP contribution is -2.43. The van der Waals surface area contributed by atoms with E-state index in [1.54, 1.807) is 19.9 Å². The van der Waals surface area contributed by atoms with E-state index in [2.05, 4.69) is 5.43 Å². The number of nitrogens with one attached hydrogen (secondary N) is 1. The summed E-state index contributed by atoms with van der Waals surface area (Å²) >= 11 is 0. The van der Waals surface area contributed by atoms with E-state index in [1.165, 1.54) is 24.3 Å². The molecule has 1 N–H and O–H groups in total. The molecule has 1 atom stereocenters. The molecule has 1 aliphatic rings. The van der Waals surface area contributed by atoms with Crippen LogP contribution in [-0.4, -0.2) is 28.6 Å². The Labute approximate surface area is 146 Å². The molecule has 3 rings (SSSR count). The number of fused-ring (bicyclic) bond motifs is 1. The normalized spacial score (nSPS) is 18.7. The summed E-state index contributed by atoms with van der Waals surface area (Å²) < 4.78 is 41.7. The van der Waals surface area contributed by atoms with Gasteiger partial charge in [0.2, 0.25) is 5.91 Å². The highest BCUT2D eigenvalue weighted by Crippen LogP contribution is 2.43. The molecule has 0 radical (unpaired) electrons. The van der Waals surface area contributed by atoms with Crippen LogP contribution >= 0.6 is 0 Å². The number of benzene rings is 2. The van der Waals surface area contributed by atoms with E-state index in [9.17, 15) is 28.1 Å². The first-order valence-corrected chi connectivity index (χ1v) is 7.82. The third-order valence-electron chi connectivity index (χ3n) is 4.45. The van der Waals surface area contributed by atoms with Crippen LogP contribution in [0.2, 0.25) is 0 Å². The zero-order valence-corrected chi connectivity index (χ0v) is 14.0. The molecule has 2 aromatic rings. The van der Waals surface area contributed by atoms with E-state index < -0.39 is 28.5 Å². The molecule has 1 heterocycles. The van der Waals surface area contributed by atoms with Crippen LogP contribution in [0, 0.1) is 15.5 Å². The Hall–Kier alpha value is -2.68. The maximum absolute atomic E-state index is 13.9. The zero-order chi connectivity index (χ0) is 19.3. The molecule has 0 aliphatic carbocycles. The first-order chi connectivity index (χ1) is 12.0. The smallest absolute Gasteiger partial charge is 0.287 e. The number of alkyl halides is 3. The van der Waals surface area contributed by atoms with Gasteiger partial charge in [-0.3, -0.25) is 20.3 Å². The molecule has 2 aromatic carbocycles. The third-order valence-corrected chi connectivity index (χ3v) is 4.45. The highest BCUT2D eigenvalue weighted by molar-refractivity contribution is 5.88. The number of hydrogen-bond donors (Lipinski definition) is 1. The number of halogens is 3. The number of carbonyl (C=O) groups is 1. The minimum Gasteiger partial charge on any atom is -0.287 e. The van der Waals surface area contributed by atoms with Crippen molar-refractivity contribution in [2.45, 2.75) is 26.1 Å². The van der Waals surface area contributed by atoms with E-state index in [4.69, 9.17) is 0 Å². The molecule has 1 amide bonds. The Kier molecular flexibility index (Phi) is 4.14. The quantitative estimate of drug-likeness (QED) is 0.663. The second-order valence-corrected chi connectivity index (χ2v) is 6.91. The SMILES string of the molecule is CC1(C)CN(C(c2cccc3ccc([N+](=O)[O-])cc23)C(F)(F)F)NC1=O. The maximum atomic E-state index is 13.9. The highest BCUT2D eigenvalue weighted by atomic mass is 19.4. The maximum Gasteiger partial charge on any atom is 0.409 e. The summed E-state index contributed by atoms with van der Waals surface area (Å²) in [5.74, 6) is -0.502. The lowest BCUT2D eigenvalue weighted by atomic mass is 9.93. The number of carbonyl (C=O) groups excluding carboxylic acids is 1. The lowest BCUT2D eigenvalue weighted by molar-refractivity contribution is -0.384. The Morgan fingerprint density at radius 1 is 1.27 bits per heavy atom. The van der Waals surface area contributed by atoms with Gasteiger partial charge in [0.15, 0.2) is 6.04 Å². The van der Waals surface area contributed by atoms with Gasteiger partial charge in [0, 0.05) is 18.7 Å². The standard InChI is InChI=1S/C17H16F3N3O3/c1-16(2)9-22(21-15(16)24)14(17(18,19)20)12-5-3-4-10-6-7-11(23(25)26)8-13(10)12/h3-8,14H,9H2,1-2H3,(H,21,24). The van der Waals surface area contributed by atoms with Crippen LogP contribution < -0.4 is 5.43 Å². The topological polar surface area (TPSA) is 75.5 Å². The molecule has 0 bridgehead atoms. The number of amides is 1. The van der Waals surface area contributed by atoms with Crippen molar-refractivity contribution < 1.29 is 22.9 Å². The van der Waals surface area contributed by atoms with Crippen molar-refractivity contribution in [3.8, 4) is 0 Å². The molecule has 1 fully saturated rings. The summed E-state index contributed by atoms with van der Waals surface area (Å²) in [7, 11) is 0. The minimum absolute atomic E-state index is 0.128. The molecule has 9 heteroatoms. The van der Waals surface area contributed by atoms with Gasteiger partial charge >= 0.3 is 6.18 Å². The minimum atomic E-state index is -4.69. The number of nitrogens with zero attached hydrogens (tertiary/aromatic N) is 2. The van der Waals surface area contributed by atoms with Crippen LogP contribution in [0.15, 0.2) is 36.4 Å². The summed E-state index contributed by atoms with van der Waals surface area (Å²) in [5.41, 5.74) is 0.883. The summed E-state index contributed by atoms with van der Waals surface area (Å²) in [6, 6.07) is 6.01. The molecular formula is C17H16F3N3O3. The van der Waals surface area contributed by atoms with Gasteiger partial charge in [0.05, 0.1) is 10.3 Å². The first kappa shape index (κ1) is 18.1. The number of nitro benzene ring substituents is 1. The second kappa shape index (κ2) is 5.94. The Balaban J connectivity index is 2.18. The van der Waals surface area contributed by atoms with Gasteiger partial charge in [-0.15, -0.1) is 0 Å². The second-order valence-electron chi connectivity index (χ2n) is 6.91. The van der Waals surface area contributed by atoms with Crippen LogP contribution in [-0.2, 0) is 4.79 Å². The number of non-ortho nitro benzene ring substituents is 1. The van der Waals surface area contributed by atoms with E-state index in [-0.39, 0.29) is 23.2 Å². The van der Waals surface area contributed by atoms with Crippen molar-refractivity contribution in [2.75, 3.05) is 6.54 Å². The number of nitro groups is 1. The monoisotopic (exact) mass is 367 g/mol. The fourth-order valence-corrected chi connectivity index (χ4v) is 3.13. The molecule has 1 aliphatic heterocycles. The molecule has 138 valence electrons. The third kappa shape index (κ3) is 3.10. The van der Waals surface area contributed by atoms with Gasteiger partial charge in [-0.2, -0.15) is 13.2 Å². The van der Waals surface area contributed by atoms with E-state index >= 15 is 0 Å². The summed E-state index contributed by atoms with van der Waals surface area (Å²) in [5, 5.41) is 12.5. The van der Waals surface area contributed by atoms with Crippen LogP contribution in [0.4, 0.5) is 18.9 Å². The largest absolute Gasteiger partial charge is 0.409 e. The predicted octanol–water partition coefficient (Wildman–Crippen LogP) is 3.72. The van der Waals surface area contributed by atoms with Crippen molar-refractivity contribution in [1.29, 1.82) is 0 Å². The molecular weight excluding hydrogens is 351 g/mol.